The second-order valence-electron chi connectivity index (χ2n) is 7.92. The monoisotopic (exact) mass is 404 g/mol. The Balaban J connectivity index is 1.83. The molecule has 4 heterocycles. The van der Waals surface area contributed by atoms with Crippen LogP contribution in [0.25, 0.3) is 21.3 Å². The molecule has 0 bridgehead atoms. The minimum Gasteiger partial charge on any atom is -0.381 e. The highest BCUT2D eigenvalue weighted by atomic mass is 32.1. The first-order valence-electron chi connectivity index (χ1n) is 10.2. The fourth-order valence-corrected chi connectivity index (χ4v) is 5.68. The molecule has 5 rings (SSSR count). The first kappa shape index (κ1) is 18.5. The van der Waals surface area contributed by atoms with Gasteiger partial charge in [-0.25, -0.2) is 0 Å². The predicted molar refractivity (Wildman–Crippen MR) is 118 cm³/mol. The zero-order chi connectivity index (χ0) is 20.0. The second kappa shape index (κ2) is 7.39. The van der Waals surface area contributed by atoms with E-state index in [0.29, 0.717) is 11.5 Å². The van der Waals surface area contributed by atoms with Crippen molar-refractivity contribution < 1.29 is 9.53 Å². The largest absolute Gasteiger partial charge is 0.381 e. The van der Waals surface area contributed by atoms with E-state index in [9.17, 15) is 4.79 Å². The molecule has 0 radical (unpaired) electrons. The number of Topliss-reactive ketones (excluding diaryl/α,β-unsaturated/α-hetero) is 1. The second-order valence-corrected chi connectivity index (χ2v) is 8.80. The third-order valence-electron chi connectivity index (χ3n) is 6.06. The Bertz CT molecular complexity index is 1190. The average molecular weight is 405 g/mol. The molecular formula is C24H24N2O2S. The molecule has 1 aromatic carbocycles. The van der Waals surface area contributed by atoms with Crippen LogP contribution in [0.2, 0.25) is 0 Å². The normalized spacial score (nSPS) is 16.5. The molecule has 1 aliphatic heterocycles. The van der Waals surface area contributed by atoms with Crippen LogP contribution in [0.4, 0.5) is 0 Å². The summed E-state index contributed by atoms with van der Waals surface area (Å²) in [6.45, 7) is 5.38. The number of ketones is 1. The number of hydrogen-bond acceptors (Lipinski definition) is 4. The van der Waals surface area contributed by atoms with Crippen molar-refractivity contribution in [3.63, 3.8) is 0 Å². The van der Waals surface area contributed by atoms with Gasteiger partial charge >= 0.3 is 0 Å². The number of aryl methyl sites for hydroxylation is 1. The van der Waals surface area contributed by atoms with E-state index < -0.39 is 0 Å². The van der Waals surface area contributed by atoms with Crippen molar-refractivity contribution in [3.05, 3.63) is 64.7 Å². The summed E-state index contributed by atoms with van der Waals surface area (Å²) in [6.07, 6.45) is 3.78. The van der Waals surface area contributed by atoms with Gasteiger partial charge in [-0.3, -0.25) is 9.78 Å². The van der Waals surface area contributed by atoms with Crippen molar-refractivity contribution in [1.29, 1.82) is 0 Å². The van der Waals surface area contributed by atoms with Crippen LogP contribution in [0.3, 0.4) is 0 Å². The average Bonchev–Trinajstić information content (AvgIpc) is 3.28. The third-order valence-corrected chi connectivity index (χ3v) is 7.16. The van der Waals surface area contributed by atoms with Crippen LogP contribution in [0.15, 0.2) is 48.0 Å². The SMILES string of the molecule is CC(=O)c1cnc2c3scc(C)c3n(C(c3ccccc3)C3CCOCC3)c2c1. The van der Waals surface area contributed by atoms with Crippen molar-refractivity contribution in [1.82, 2.24) is 9.55 Å². The lowest BCUT2D eigenvalue weighted by molar-refractivity contribution is 0.0553. The Hall–Kier alpha value is -2.50. The molecule has 0 amide bonds. The number of carbonyl (C=O) groups is 1. The Morgan fingerprint density at radius 2 is 2.00 bits per heavy atom. The van der Waals surface area contributed by atoms with Gasteiger partial charge in [-0.1, -0.05) is 30.3 Å². The quantitative estimate of drug-likeness (QED) is 0.405. The van der Waals surface area contributed by atoms with E-state index in [1.54, 1.807) is 24.5 Å². The third kappa shape index (κ3) is 3.09. The molecule has 0 aliphatic carbocycles. The summed E-state index contributed by atoms with van der Waals surface area (Å²) >= 11 is 1.74. The fourth-order valence-electron chi connectivity index (χ4n) is 4.63. The van der Waals surface area contributed by atoms with Gasteiger partial charge in [0.25, 0.3) is 0 Å². The number of thiophene rings is 1. The maximum atomic E-state index is 12.1. The summed E-state index contributed by atoms with van der Waals surface area (Å²) in [5.74, 6) is 0.528. The van der Waals surface area contributed by atoms with E-state index in [4.69, 9.17) is 9.72 Å². The number of benzene rings is 1. The van der Waals surface area contributed by atoms with E-state index >= 15 is 0 Å². The van der Waals surface area contributed by atoms with Crippen molar-refractivity contribution in [2.45, 2.75) is 32.7 Å². The van der Waals surface area contributed by atoms with Crippen LogP contribution in [-0.2, 0) is 4.74 Å². The zero-order valence-electron chi connectivity index (χ0n) is 16.7. The van der Waals surface area contributed by atoms with Crippen molar-refractivity contribution >= 4 is 38.4 Å². The number of pyridine rings is 1. The Labute approximate surface area is 174 Å². The number of fused-ring (bicyclic) bond motifs is 3. The standard InChI is InChI=1S/C24H24N2O2S/c1-15-14-29-24-21-20(12-19(13-25-21)16(2)27)26(22(15)24)23(17-6-4-3-5-7-17)18-8-10-28-11-9-18/h3-7,12-14,18,23H,8-11H2,1-2H3. The number of carbonyl (C=O) groups excluding carboxylic acids is 1. The van der Waals surface area contributed by atoms with Crippen molar-refractivity contribution in [2.75, 3.05) is 13.2 Å². The van der Waals surface area contributed by atoms with Crippen molar-refractivity contribution in [2.24, 2.45) is 5.92 Å². The predicted octanol–water partition coefficient (Wildman–Crippen LogP) is 5.78. The first-order chi connectivity index (χ1) is 14.1. The minimum absolute atomic E-state index is 0.0505. The van der Waals surface area contributed by atoms with Crippen LogP contribution >= 0.6 is 11.3 Å². The Morgan fingerprint density at radius 1 is 1.24 bits per heavy atom. The molecule has 3 aromatic heterocycles. The van der Waals surface area contributed by atoms with Crippen LogP contribution in [0.1, 0.15) is 47.3 Å². The van der Waals surface area contributed by atoms with Gasteiger partial charge in [0.05, 0.1) is 21.8 Å². The van der Waals surface area contributed by atoms with E-state index in [-0.39, 0.29) is 11.8 Å². The molecule has 4 aromatic rings. The molecule has 1 fully saturated rings. The lowest BCUT2D eigenvalue weighted by Gasteiger charge is -2.33. The molecule has 1 unspecified atom stereocenters. The highest BCUT2D eigenvalue weighted by Crippen LogP contribution is 2.43. The van der Waals surface area contributed by atoms with Gasteiger partial charge in [-0.15, -0.1) is 11.3 Å². The summed E-state index contributed by atoms with van der Waals surface area (Å²) in [5, 5.41) is 2.22. The number of hydrogen-bond donors (Lipinski definition) is 0. The lowest BCUT2D eigenvalue weighted by Crippen LogP contribution is -2.27. The van der Waals surface area contributed by atoms with Gasteiger partial charge in [0, 0.05) is 25.0 Å². The van der Waals surface area contributed by atoms with E-state index in [1.165, 1.54) is 21.3 Å². The smallest absolute Gasteiger partial charge is 0.161 e. The van der Waals surface area contributed by atoms with Crippen LogP contribution in [0, 0.1) is 12.8 Å². The fraction of sp³-hybridized carbons (Fsp3) is 0.333. The lowest BCUT2D eigenvalue weighted by atomic mass is 9.86. The van der Waals surface area contributed by atoms with Crippen LogP contribution < -0.4 is 0 Å². The molecular weight excluding hydrogens is 380 g/mol. The van der Waals surface area contributed by atoms with E-state index in [1.807, 2.05) is 6.07 Å². The Kier molecular flexibility index (Phi) is 4.72. The summed E-state index contributed by atoms with van der Waals surface area (Å²) in [4.78, 5) is 16.8. The van der Waals surface area contributed by atoms with Gasteiger partial charge in [-0.2, -0.15) is 0 Å². The molecule has 29 heavy (non-hydrogen) atoms. The maximum absolute atomic E-state index is 12.1. The topological polar surface area (TPSA) is 44.1 Å². The number of ether oxygens (including phenoxy) is 1. The Morgan fingerprint density at radius 3 is 2.72 bits per heavy atom. The summed E-state index contributed by atoms with van der Waals surface area (Å²) in [5.41, 5.74) is 6.54. The van der Waals surface area contributed by atoms with Gasteiger partial charge in [-0.05, 0) is 55.2 Å². The van der Waals surface area contributed by atoms with Gasteiger partial charge in [0.15, 0.2) is 5.78 Å². The van der Waals surface area contributed by atoms with Crippen LogP contribution in [-0.4, -0.2) is 28.5 Å². The molecule has 0 N–H and O–H groups in total. The molecule has 148 valence electrons. The maximum Gasteiger partial charge on any atom is 0.161 e. The number of rotatable bonds is 4. The van der Waals surface area contributed by atoms with Crippen molar-refractivity contribution in [3.8, 4) is 0 Å². The van der Waals surface area contributed by atoms with Gasteiger partial charge < -0.3 is 9.30 Å². The molecule has 1 saturated heterocycles. The van der Waals surface area contributed by atoms with Crippen LogP contribution in [0.5, 0.6) is 0 Å². The molecule has 0 saturated carbocycles. The molecule has 4 nitrogen and oxygen atoms in total. The minimum atomic E-state index is 0.0505. The zero-order valence-corrected chi connectivity index (χ0v) is 17.5. The highest BCUT2D eigenvalue weighted by molar-refractivity contribution is 7.18. The summed E-state index contributed by atoms with van der Waals surface area (Å²) in [7, 11) is 0. The van der Waals surface area contributed by atoms with Gasteiger partial charge in [0.1, 0.15) is 5.52 Å². The highest BCUT2D eigenvalue weighted by Gasteiger charge is 2.31. The van der Waals surface area contributed by atoms with Gasteiger partial charge in [0.2, 0.25) is 0 Å². The summed E-state index contributed by atoms with van der Waals surface area (Å²) in [6, 6.07) is 13.0. The molecule has 0 spiro atoms. The molecule has 1 atom stereocenters. The summed E-state index contributed by atoms with van der Waals surface area (Å²) < 4.78 is 9.34. The van der Waals surface area contributed by atoms with E-state index in [0.717, 1.165) is 37.1 Å². The first-order valence-corrected chi connectivity index (χ1v) is 11.0. The number of nitrogens with zero attached hydrogens (tertiary/aromatic N) is 2. The van der Waals surface area contributed by atoms with E-state index in [2.05, 4.69) is 47.2 Å². The molecule has 5 heteroatoms. The molecule has 1 aliphatic rings. The number of aromatic nitrogens is 2.